The van der Waals surface area contributed by atoms with Crippen molar-refractivity contribution in [1.82, 2.24) is 0 Å². The normalized spacial score (nSPS) is 11.9. The van der Waals surface area contributed by atoms with Crippen LogP contribution in [0.3, 0.4) is 0 Å². The van der Waals surface area contributed by atoms with Crippen LogP contribution in [0.5, 0.6) is 0 Å². The lowest BCUT2D eigenvalue weighted by Gasteiger charge is -2.12. The molecule has 1 aromatic carbocycles. The summed E-state index contributed by atoms with van der Waals surface area (Å²) < 4.78 is 13.3. The van der Waals surface area contributed by atoms with Crippen molar-refractivity contribution in [2.24, 2.45) is 0 Å². The van der Waals surface area contributed by atoms with Crippen LogP contribution < -0.4 is 5.32 Å². The van der Waals surface area contributed by atoms with Crippen molar-refractivity contribution in [3.8, 4) is 6.07 Å². The van der Waals surface area contributed by atoms with Crippen LogP contribution in [0.1, 0.15) is 18.9 Å². The summed E-state index contributed by atoms with van der Waals surface area (Å²) in [5, 5.41) is 11.4. The number of hydrogen-bond acceptors (Lipinski definition) is 2. The van der Waals surface area contributed by atoms with Gasteiger partial charge in [0.15, 0.2) is 0 Å². The molecular weight excluding hydrogens is 179 g/mol. The molecule has 0 saturated carbocycles. The minimum atomic E-state index is -0.269. The smallest absolute Gasteiger partial charge is 0.146 e. The number of aryl methyl sites for hydroxylation is 1. The van der Waals surface area contributed by atoms with Crippen LogP contribution in [0.2, 0.25) is 0 Å². The topological polar surface area (TPSA) is 35.8 Å². The van der Waals surface area contributed by atoms with Gasteiger partial charge in [0, 0.05) is 6.04 Å². The highest BCUT2D eigenvalue weighted by atomic mass is 19.1. The number of benzene rings is 1. The fourth-order valence-corrected chi connectivity index (χ4v) is 1.19. The number of hydrogen-bond donors (Lipinski definition) is 1. The Morgan fingerprint density at radius 3 is 2.86 bits per heavy atom. The Bertz CT molecular complexity index is 355. The Balaban J connectivity index is 2.73. The first-order valence-electron chi connectivity index (χ1n) is 4.53. The predicted octanol–water partition coefficient (Wildman–Crippen LogP) is 2.85. The zero-order valence-electron chi connectivity index (χ0n) is 8.34. The monoisotopic (exact) mass is 192 g/mol. The second-order valence-electron chi connectivity index (χ2n) is 3.39. The van der Waals surface area contributed by atoms with E-state index in [1.165, 1.54) is 6.07 Å². The van der Waals surface area contributed by atoms with Crippen molar-refractivity contribution in [3.05, 3.63) is 29.6 Å². The number of rotatable bonds is 3. The number of nitriles is 1. The fourth-order valence-electron chi connectivity index (χ4n) is 1.19. The molecule has 0 bridgehead atoms. The lowest BCUT2D eigenvalue weighted by Crippen LogP contribution is -2.15. The van der Waals surface area contributed by atoms with Crippen LogP contribution >= 0.6 is 0 Å². The summed E-state index contributed by atoms with van der Waals surface area (Å²) in [5.41, 5.74) is 1.35. The molecule has 74 valence electrons. The first kappa shape index (κ1) is 10.5. The first-order chi connectivity index (χ1) is 6.63. The summed E-state index contributed by atoms with van der Waals surface area (Å²) in [4.78, 5) is 0. The van der Waals surface area contributed by atoms with Crippen molar-refractivity contribution in [1.29, 1.82) is 5.26 Å². The maximum absolute atomic E-state index is 13.3. The molecule has 2 nitrogen and oxygen atoms in total. The Kier molecular flexibility index (Phi) is 3.47. The molecule has 1 aromatic rings. The summed E-state index contributed by atoms with van der Waals surface area (Å²) in [6, 6.07) is 7.01. The minimum absolute atomic E-state index is 0.0304. The van der Waals surface area contributed by atoms with Crippen molar-refractivity contribution in [2.45, 2.75) is 26.3 Å². The van der Waals surface area contributed by atoms with Crippen molar-refractivity contribution >= 4 is 5.69 Å². The first-order valence-corrected chi connectivity index (χ1v) is 4.53. The molecule has 0 aliphatic heterocycles. The summed E-state index contributed by atoms with van der Waals surface area (Å²) in [6.45, 7) is 3.69. The van der Waals surface area contributed by atoms with Gasteiger partial charge in [0.2, 0.25) is 0 Å². The van der Waals surface area contributed by atoms with Gasteiger partial charge < -0.3 is 5.32 Å². The van der Waals surface area contributed by atoms with Crippen molar-refractivity contribution < 1.29 is 4.39 Å². The summed E-state index contributed by atoms with van der Waals surface area (Å²) in [7, 11) is 0. The van der Waals surface area contributed by atoms with E-state index in [0.717, 1.165) is 5.56 Å². The lowest BCUT2D eigenvalue weighted by atomic mass is 10.2. The van der Waals surface area contributed by atoms with Gasteiger partial charge in [-0.1, -0.05) is 6.07 Å². The van der Waals surface area contributed by atoms with Crippen LogP contribution in [-0.4, -0.2) is 6.04 Å². The maximum Gasteiger partial charge on any atom is 0.146 e. The molecule has 0 aromatic heterocycles. The Morgan fingerprint density at radius 1 is 1.57 bits per heavy atom. The molecule has 0 aliphatic rings. The van der Waals surface area contributed by atoms with E-state index < -0.39 is 0 Å². The highest BCUT2D eigenvalue weighted by Crippen LogP contribution is 2.16. The second-order valence-corrected chi connectivity index (χ2v) is 3.39. The molecule has 0 heterocycles. The van der Waals surface area contributed by atoms with E-state index in [4.69, 9.17) is 5.26 Å². The molecule has 0 aliphatic carbocycles. The Morgan fingerprint density at radius 2 is 2.29 bits per heavy atom. The van der Waals surface area contributed by atoms with Gasteiger partial charge in [-0.3, -0.25) is 0 Å². The van der Waals surface area contributed by atoms with Gasteiger partial charge in [-0.15, -0.1) is 0 Å². The van der Waals surface area contributed by atoms with E-state index in [-0.39, 0.29) is 11.9 Å². The average Bonchev–Trinajstić information content (AvgIpc) is 2.10. The van der Waals surface area contributed by atoms with E-state index in [1.54, 1.807) is 6.07 Å². The van der Waals surface area contributed by atoms with Gasteiger partial charge in [-0.25, -0.2) is 4.39 Å². The Hall–Kier alpha value is -1.56. The standard InChI is InChI=1S/C11H13FN2/c1-8-3-4-11(10(12)7-8)14-9(2)5-6-13/h3-4,7,9,14H,5H2,1-2H3. The zero-order valence-corrected chi connectivity index (χ0v) is 8.34. The average molecular weight is 192 g/mol. The molecule has 0 amide bonds. The van der Waals surface area contributed by atoms with E-state index >= 15 is 0 Å². The lowest BCUT2D eigenvalue weighted by molar-refractivity contribution is 0.625. The SMILES string of the molecule is Cc1ccc(NC(C)CC#N)c(F)c1. The summed E-state index contributed by atoms with van der Waals surface area (Å²) in [5.74, 6) is -0.269. The minimum Gasteiger partial charge on any atom is -0.379 e. The highest BCUT2D eigenvalue weighted by Gasteiger charge is 2.05. The van der Waals surface area contributed by atoms with Crippen LogP contribution in [0.4, 0.5) is 10.1 Å². The third kappa shape index (κ3) is 2.74. The number of nitrogens with one attached hydrogen (secondary N) is 1. The summed E-state index contributed by atoms with van der Waals surface area (Å²) >= 11 is 0. The maximum atomic E-state index is 13.3. The van der Waals surface area contributed by atoms with Gasteiger partial charge in [-0.05, 0) is 31.5 Å². The number of anilines is 1. The van der Waals surface area contributed by atoms with Crippen LogP contribution in [0.25, 0.3) is 0 Å². The van der Waals surface area contributed by atoms with Gasteiger partial charge >= 0.3 is 0 Å². The molecule has 0 fully saturated rings. The zero-order chi connectivity index (χ0) is 10.6. The molecule has 1 rings (SSSR count). The molecule has 3 heteroatoms. The van der Waals surface area contributed by atoms with Crippen LogP contribution in [-0.2, 0) is 0 Å². The molecule has 0 saturated heterocycles. The van der Waals surface area contributed by atoms with Gasteiger partial charge in [0.25, 0.3) is 0 Å². The third-order valence-corrected chi connectivity index (χ3v) is 1.92. The van der Waals surface area contributed by atoms with Crippen molar-refractivity contribution in [3.63, 3.8) is 0 Å². The predicted molar refractivity (Wildman–Crippen MR) is 54.5 cm³/mol. The van der Waals surface area contributed by atoms with E-state index in [2.05, 4.69) is 5.32 Å². The molecule has 0 radical (unpaired) electrons. The third-order valence-electron chi connectivity index (χ3n) is 1.92. The van der Waals surface area contributed by atoms with E-state index in [9.17, 15) is 4.39 Å². The van der Waals surface area contributed by atoms with Crippen LogP contribution in [0.15, 0.2) is 18.2 Å². The van der Waals surface area contributed by atoms with Crippen LogP contribution in [0, 0.1) is 24.1 Å². The molecule has 0 spiro atoms. The molecule has 1 unspecified atom stereocenters. The molecule has 14 heavy (non-hydrogen) atoms. The fraction of sp³-hybridized carbons (Fsp3) is 0.364. The quantitative estimate of drug-likeness (QED) is 0.799. The molecule has 1 atom stereocenters. The van der Waals surface area contributed by atoms with Crippen molar-refractivity contribution in [2.75, 3.05) is 5.32 Å². The van der Waals surface area contributed by atoms with E-state index in [0.29, 0.717) is 12.1 Å². The highest BCUT2D eigenvalue weighted by molar-refractivity contribution is 5.46. The molecule has 1 N–H and O–H groups in total. The second kappa shape index (κ2) is 4.61. The number of halogens is 1. The van der Waals surface area contributed by atoms with Gasteiger partial charge in [0.05, 0.1) is 18.2 Å². The van der Waals surface area contributed by atoms with Gasteiger partial charge in [-0.2, -0.15) is 5.26 Å². The summed E-state index contributed by atoms with van der Waals surface area (Å²) in [6.07, 6.45) is 0.368. The molecular formula is C11H13FN2. The van der Waals surface area contributed by atoms with E-state index in [1.807, 2.05) is 26.0 Å². The Labute approximate surface area is 83.4 Å². The largest absolute Gasteiger partial charge is 0.379 e. The van der Waals surface area contributed by atoms with Gasteiger partial charge in [0.1, 0.15) is 5.82 Å². The number of nitrogens with zero attached hydrogens (tertiary/aromatic N) is 1.